The van der Waals surface area contributed by atoms with Gasteiger partial charge in [-0.25, -0.2) is 0 Å². The number of hydrogen-bond acceptors (Lipinski definition) is 5. The molecule has 0 saturated carbocycles. The number of nitrogens with zero attached hydrogens (tertiary/aromatic N) is 1. The molecule has 33 heavy (non-hydrogen) atoms. The van der Waals surface area contributed by atoms with Crippen LogP contribution in [0.1, 0.15) is 35.7 Å². The third-order valence-electron chi connectivity index (χ3n) is 5.57. The first kappa shape index (κ1) is 24.8. The van der Waals surface area contributed by atoms with Gasteiger partial charge in [-0.2, -0.15) is 0 Å². The molecule has 0 fully saturated rings. The molecule has 0 atom stereocenters. The first-order chi connectivity index (χ1) is 15.7. The highest BCUT2D eigenvalue weighted by molar-refractivity contribution is 7.48. The first-order valence-electron chi connectivity index (χ1n) is 11.0. The Balaban J connectivity index is 2.12. The van der Waals surface area contributed by atoms with Gasteiger partial charge >= 0.3 is 0 Å². The van der Waals surface area contributed by atoms with E-state index < -0.39 is 19.7 Å². The fourth-order valence-electron chi connectivity index (χ4n) is 4.27. The largest absolute Gasteiger partial charge is 0.811 e. The van der Waals surface area contributed by atoms with Gasteiger partial charge in [0.1, 0.15) is 5.75 Å². The highest BCUT2D eigenvalue weighted by atomic mass is 31.2. The van der Waals surface area contributed by atoms with Crippen molar-refractivity contribution in [3.8, 4) is 5.75 Å². The van der Waals surface area contributed by atoms with Gasteiger partial charge in [0.15, 0.2) is 0 Å². The molecular formula is C25H29N2O5P-2. The van der Waals surface area contributed by atoms with E-state index >= 15 is 0 Å². The van der Waals surface area contributed by atoms with Crippen LogP contribution in [0.5, 0.6) is 5.75 Å². The van der Waals surface area contributed by atoms with Crippen LogP contribution in [0.2, 0.25) is 0 Å². The molecule has 0 aliphatic heterocycles. The van der Waals surface area contributed by atoms with Crippen molar-refractivity contribution in [2.45, 2.75) is 39.2 Å². The van der Waals surface area contributed by atoms with Crippen molar-refractivity contribution < 1.29 is 23.9 Å². The topological polar surface area (TPSA) is 120 Å². The molecule has 0 aliphatic rings. The second kappa shape index (κ2) is 10.8. The zero-order valence-corrected chi connectivity index (χ0v) is 19.7. The summed E-state index contributed by atoms with van der Waals surface area (Å²) in [6.45, 7) is 6.66. The monoisotopic (exact) mass is 468 g/mol. The van der Waals surface area contributed by atoms with E-state index in [1.807, 2.05) is 30.3 Å². The fourth-order valence-corrected chi connectivity index (χ4v) is 4.79. The third kappa shape index (κ3) is 6.14. The van der Waals surface area contributed by atoms with Crippen LogP contribution in [0, 0.1) is 0 Å². The second-order valence-corrected chi connectivity index (χ2v) is 9.63. The van der Waals surface area contributed by atoms with Gasteiger partial charge in [-0.15, -0.1) is 6.58 Å². The molecule has 0 saturated heterocycles. The fraction of sp³-hybridized carbons (Fsp3) is 0.320. The van der Waals surface area contributed by atoms with Crippen molar-refractivity contribution in [3.05, 3.63) is 77.5 Å². The SMILES string of the molecule is C=CCc1c(OCCCP(=O)([O-])[O-])ccc2c1c(CC(N)=O)c(CC)n2Cc1ccccc1. The minimum absolute atomic E-state index is 0.0978. The van der Waals surface area contributed by atoms with Gasteiger partial charge in [-0.3, -0.25) is 4.79 Å². The molecule has 1 heterocycles. The van der Waals surface area contributed by atoms with Gasteiger partial charge in [0.25, 0.3) is 0 Å². The van der Waals surface area contributed by atoms with E-state index in [2.05, 4.69) is 30.2 Å². The molecular weight excluding hydrogens is 439 g/mol. The summed E-state index contributed by atoms with van der Waals surface area (Å²) in [5, 5.41) is 0.914. The van der Waals surface area contributed by atoms with Gasteiger partial charge in [-0.05, 0) is 48.7 Å². The second-order valence-electron chi connectivity index (χ2n) is 7.96. The number of aromatic nitrogens is 1. The minimum Gasteiger partial charge on any atom is -0.811 e. The van der Waals surface area contributed by atoms with Crippen LogP contribution >= 0.6 is 7.60 Å². The number of carbonyl (C=O) groups is 1. The summed E-state index contributed by atoms with van der Waals surface area (Å²) in [5.74, 6) is 0.167. The number of fused-ring (bicyclic) bond motifs is 1. The summed E-state index contributed by atoms with van der Waals surface area (Å²) in [6.07, 6.45) is 2.74. The Hall–Kier alpha value is -2.86. The lowest BCUT2D eigenvalue weighted by atomic mass is 9.98. The van der Waals surface area contributed by atoms with E-state index in [0.29, 0.717) is 18.7 Å². The predicted octanol–water partition coefficient (Wildman–Crippen LogP) is 2.69. The number of ether oxygens (including phenoxy) is 1. The van der Waals surface area contributed by atoms with Crippen LogP contribution < -0.4 is 20.3 Å². The van der Waals surface area contributed by atoms with E-state index in [0.717, 1.165) is 39.7 Å². The van der Waals surface area contributed by atoms with E-state index in [9.17, 15) is 19.1 Å². The summed E-state index contributed by atoms with van der Waals surface area (Å²) < 4.78 is 19.0. The Labute approximate surface area is 194 Å². The van der Waals surface area contributed by atoms with E-state index in [1.54, 1.807) is 6.08 Å². The van der Waals surface area contributed by atoms with E-state index in [1.165, 1.54) is 0 Å². The van der Waals surface area contributed by atoms with Crippen LogP contribution in [0.3, 0.4) is 0 Å². The molecule has 7 nitrogen and oxygen atoms in total. The minimum atomic E-state index is -4.57. The normalized spacial score (nSPS) is 11.6. The lowest BCUT2D eigenvalue weighted by molar-refractivity contribution is -0.313. The van der Waals surface area contributed by atoms with Crippen LogP contribution in [-0.4, -0.2) is 23.2 Å². The van der Waals surface area contributed by atoms with Crippen LogP contribution in [0.15, 0.2) is 55.1 Å². The Morgan fingerprint density at radius 1 is 1.18 bits per heavy atom. The quantitative estimate of drug-likeness (QED) is 0.249. The van der Waals surface area contributed by atoms with Crippen molar-refractivity contribution in [1.29, 1.82) is 0 Å². The van der Waals surface area contributed by atoms with Gasteiger partial charge in [0, 0.05) is 28.7 Å². The van der Waals surface area contributed by atoms with Crippen molar-refractivity contribution in [2.24, 2.45) is 5.73 Å². The standard InChI is InChI=1S/C25H31N2O5P/c1-3-9-19-23(32-14-8-15-33(29,30)31)13-12-22-25(19)20(16-24(26)28)21(4-2)27(22)17-18-10-6-5-7-11-18/h3,5-7,10-13H,1,4,8-9,14-17H2,2H3,(H2,26,28)(H2,29,30,31)/p-2. The molecule has 0 unspecified atom stereocenters. The number of amides is 1. The van der Waals surface area contributed by atoms with E-state index in [4.69, 9.17) is 10.5 Å². The predicted molar refractivity (Wildman–Crippen MR) is 126 cm³/mol. The van der Waals surface area contributed by atoms with Crippen LogP contribution in [0.25, 0.3) is 10.9 Å². The molecule has 8 heteroatoms. The highest BCUT2D eigenvalue weighted by Gasteiger charge is 2.22. The maximum atomic E-state index is 12.0. The summed E-state index contributed by atoms with van der Waals surface area (Å²) in [7, 11) is -4.57. The Bertz CT molecular complexity index is 1180. The molecule has 3 rings (SSSR count). The molecule has 3 aromatic rings. The number of benzene rings is 2. The molecule has 1 amide bonds. The smallest absolute Gasteiger partial charge is 0.221 e. The van der Waals surface area contributed by atoms with Crippen molar-refractivity contribution >= 4 is 24.4 Å². The maximum Gasteiger partial charge on any atom is 0.221 e. The molecule has 176 valence electrons. The van der Waals surface area contributed by atoms with Gasteiger partial charge in [0.2, 0.25) is 5.91 Å². The average Bonchev–Trinajstić information content (AvgIpc) is 3.04. The van der Waals surface area contributed by atoms with Crippen LogP contribution in [0.4, 0.5) is 0 Å². The van der Waals surface area contributed by atoms with E-state index in [-0.39, 0.29) is 19.4 Å². The van der Waals surface area contributed by atoms with Crippen molar-refractivity contribution in [2.75, 3.05) is 12.8 Å². The number of allylic oxidation sites excluding steroid dienone is 1. The third-order valence-corrected chi connectivity index (χ3v) is 6.43. The number of primary amides is 1. The van der Waals surface area contributed by atoms with Gasteiger partial charge < -0.3 is 29.4 Å². The summed E-state index contributed by atoms with van der Waals surface area (Å²) in [6, 6.07) is 13.9. The highest BCUT2D eigenvalue weighted by Crippen LogP contribution is 2.36. The number of nitrogens with two attached hydrogens (primary N) is 1. The zero-order chi connectivity index (χ0) is 24.0. The molecule has 0 radical (unpaired) electrons. The molecule has 0 aliphatic carbocycles. The lowest BCUT2D eigenvalue weighted by Gasteiger charge is -2.29. The van der Waals surface area contributed by atoms with Gasteiger partial charge in [-0.1, -0.05) is 50.9 Å². The maximum absolute atomic E-state index is 12.0. The molecule has 0 bridgehead atoms. The number of carbonyl (C=O) groups excluding carboxylic acids is 1. The lowest BCUT2D eigenvalue weighted by Crippen LogP contribution is -2.18. The molecule has 2 N–H and O–H groups in total. The number of rotatable bonds is 12. The Morgan fingerprint density at radius 3 is 2.52 bits per heavy atom. The summed E-state index contributed by atoms with van der Waals surface area (Å²) in [4.78, 5) is 33.8. The van der Waals surface area contributed by atoms with Crippen LogP contribution in [-0.2, 0) is 35.2 Å². The van der Waals surface area contributed by atoms with Crippen molar-refractivity contribution in [3.63, 3.8) is 0 Å². The molecule has 2 aromatic carbocycles. The summed E-state index contributed by atoms with van der Waals surface area (Å²) in [5.41, 5.74) is 10.5. The van der Waals surface area contributed by atoms with Gasteiger partial charge in [0.05, 0.1) is 13.0 Å². The Morgan fingerprint density at radius 2 is 1.91 bits per heavy atom. The summed E-state index contributed by atoms with van der Waals surface area (Å²) >= 11 is 0. The first-order valence-corrected chi connectivity index (χ1v) is 12.7. The zero-order valence-electron chi connectivity index (χ0n) is 18.8. The number of hydrogen-bond donors (Lipinski definition) is 1. The average molecular weight is 468 g/mol. The Kier molecular flexibility index (Phi) is 8.14. The van der Waals surface area contributed by atoms with Crippen molar-refractivity contribution in [1.82, 2.24) is 4.57 Å². The molecule has 0 spiro atoms. The molecule has 1 aromatic heterocycles.